The molecular weight excluding hydrogens is 424 g/mol. The molecule has 0 aliphatic heterocycles. The number of anilines is 1. The van der Waals surface area contributed by atoms with Crippen molar-refractivity contribution in [3.63, 3.8) is 0 Å². The zero-order valence-electron chi connectivity index (χ0n) is 18.6. The van der Waals surface area contributed by atoms with E-state index in [9.17, 15) is 4.79 Å². The van der Waals surface area contributed by atoms with Crippen LogP contribution in [0.5, 0.6) is 0 Å². The van der Waals surface area contributed by atoms with Gasteiger partial charge in [-0.3, -0.25) is 9.36 Å². The van der Waals surface area contributed by atoms with Crippen molar-refractivity contribution in [1.82, 2.24) is 14.8 Å². The second-order valence-corrected chi connectivity index (χ2v) is 9.48. The van der Waals surface area contributed by atoms with E-state index in [0.717, 1.165) is 46.2 Å². The average molecular weight is 455 g/mol. The second kappa shape index (κ2) is 10.8. The van der Waals surface area contributed by atoms with E-state index in [2.05, 4.69) is 79.4 Å². The van der Waals surface area contributed by atoms with Gasteiger partial charge in [-0.25, -0.2) is 0 Å². The lowest BCUT2D eigenvalue weighted by Crippen LogP contribution is -2.17. The molecule has 0 radical (unpaired) electrons. The number of thioether (sulfide) groups is 1. The number of allylic oxidation sites excluding steroid dienone is 1. The number of para-hydroxylation sites is 1. The molecule has 0 bridgehead atoms. The Kier molecular flexibility index (Phi) is 8.09. The van der Waals surface area contributed by atoms with E-state index in [-0.39, 0.29) is 11.7 Å². The molecule has 1 amide bonds. The maximum Gasteiger partial charge on any atom is 0.234 e. The van der Waals surface area contributed by atoms with Gasteiger partial charge in [0.05, 0.1) is 5.75 Å². The fourth-order valence-corrected chi connectivity index (χ4v) is 5.04. The molecule has 0 aliphatic rings. The Hall–Kier alpha value is -2.38. The number of thiophene rings is 1. The number of aryl methyl sites for hydroxylation is 2. The summed E-state index contributed by atoms with van der Waals surface area (Å²) in [5, 5.41) is 14.7. The van der Waals surface area contributed by atoms with Crippen molar-refractivity contribution in [2.45, 2.75) is 58.2 Å². The van der Waals surface area contributed by atoms with E-state index in [4.69, 9.17) is 0 Å². The Morgan fingerprint density at radius 2 is 1.97 bits per heavy atom. The predicted molar refractivity (Wildman–Crippen MR) is 132 cm³/mol. The van der Waals surface area contributed by atoms with Crippen LogP contribution in [0, 0.1) is 0 Å². The van der Waals surface area contributed by atoms with Crippen molar-refractivity contribution < 1.29 is 4.79 Å². The van der Waals surface area contributed by atoms with Gasteiger partial charge in [0, 0.05) is 28.1 Å². The molecule has 5 nitrogen and oxygen atoms in total. The van der Waals surface area contributed by atoms with Gasteiger partial charge in [-0.2, -0.15) is 0 Å². The maximum absolute atomic E-state index is 12.7. The molecule has 0 spiro atoms. The number of carbonyl (C=O) groups is 1. The summed E-state index contributed by atoms with van der Waals surface area (Å²) in [7, 11) is 0. The van der Waals surface area contributed by atoms with Crippen molar-refractivity contribution >= 4 is 34.7 Å². The lowest BCUT2D eigenvalue weighted by atomic mass is 10.0. The highest BCUT2D eigenvalue weighted by molar-refractivity contribution is 7.99. The van der Waals surface area contributed by atoms with Gasteiger partial charge in [0.1, 0.15) is 0 Å². The van der Waals surface area contributed by atoms with Gasteiger partial charge in [0.15, 0.2) is 11.0 Å². The van der Waals surface area contributed by atoms with E-state index in [1.165, 1.54) is 16.6 Å². The maximum atomic E-state index is 12.7. The first-order valence-electron chi connectivity index (χ1n) is 10.6. The van der Waals surface area contributed by atoms with Crippen molar-refractivity contribution in [1.29, 1.82) is 0 Å². The molecule has 0 fully saturated rings. The van der Waals surface area contributed by atoms with Crippen LogP contribution in [0.2, 0.25) is 0 Å². The summed E-state index contributed by atoms with van der Waals surface area (Å²) in [6.45, 7) is 13.0. The molecule has 2 heterocycles. The summed E-state index contributed by atoms with van der Waals surface area (Å²) in [5.41, 5.74) is 4.33. The highest BCUT2D eigenvalue weighted by Crippen LogP contribution is 2.31. The highest BCUT2D eigenvalue weighted by Gasteiger charge is 2.17. The van der Waals surface area contributed by atoms with Crippen LogP contribution in [-0.2, 0) is 24.2 Å². The minimum atomic E-state index is -0.0343. The lowest BCUT2D eigenvalue weighted by molar-refractivity contribution is -0.113. The minimum Gasteiger partial charge on any atom is -0.325 e. The highest BCUT2D eigenvalue weighted by atomic mass is 32.2. The molecular formula is C24H30N4OS2. The predicted octanol–water partition coefficient (Wildman–Crippen LogP) is 6.17. The molecule has 1 N–H and O–H groups in total. The Bertz CT molecular complexity index is 1030. The number of aromatic nitrogens is 3. The van der Waals surface area contributed by atoms with Crippen LogP contribution >= 0.6 is 23.1 Å². The molecule has 7 heteroatoms. The van der Waals surface area contributed by atoms with Gasteiger partial charge in [0.25, 0.3) is 0 Å². The first-order valence-corrected chi connectivity index (χ1v) is 12.5. The molecule has 0 saturated carbocycles. The molecule has 0 atom stereocenters. The number of nitrogens with one attached hydrogen (secondary N) is 1. The third-order valence-corrected chi connectivity index (χ3v) is 7.27. The van der Waals surface area contributed by atoms with Crippen molar-refractivity contribution in [2.75, 3.05) is 11.1 Å². The summed E-state index contributed by atoms with van der Waals surface area (Å²) < 4.78 is 2.02. The lowest BCUT2D eigenvalue weighted by Gasteiger charge is -2.14. The van der Waals surface area contributed by atoms with Gasteiger partial charge in [-0.15, -0.1) is 28.1 Å². The summed E-state index contributed by atoms with van der Waals surface area (Å²) >= 11 is 3.14. The fourth-order valence-electron chi connectivity index (χ4n) is 3.38. The van der Waals surface area contributed by atoms with E-state index in [1.807, 2.05) is 10.6 Å². The number of hydrogen-bond donors (Lipinski definition) is 1. The van der Waals surface area contributed by atoms with Gasteiger partial charge in [-0.1, -0.05) is 63.7 Å². The normalized spacial score (nSPS) is 11.1. The van der Waals surface area contributed by atoms with Crippen LogP contribution in [0.15, 0.2) is 47.5 Å². The number of rotatable bonds is 10. The Labute approximate surface area is 193 Å². The Morgan fingerprint density at radius 3 is 2.55 bits per heavy atom. The number of nitrogens with zero attached hydrogens (tertiary/aromatic N) is 3. The Balaban J connectivity index is 1.75. The average Bonchev–Trinajstić information content (AvgIpc) is 3.40. The van der Waals surface area contributed by atoms with Crippen LogP contribution in [0.1, 0.15) is 49.6 Å². The number of hydrogen-bond acceptors (Lipinski definition) is 5. The van der Waals surface area contributed by atoms with Crippen LogP contribution in [0.3, 0.4) is 0 Å². The number of amides is 1. The smallest absolute Gasteiger partial charge is 0.234 e. The number of benzene rings is 1. The monoisotopic (exact) mass is 454 g/mol. The molecule has 0 saturated heterocycles. The third kappa shape index (κ3) is 5.46. The summed E-state index contributed by atoms with van der Waals surface area (Å²) in [4.78, 5) is 14.1. The van der Waals surface area contributed by atoms with Crippen molar-refractivity contribution in [2.24, 2.45) is 0 Å². The van der Waals surface area contributed by atoms with E-state index >= 15 is 0 Å². The zero-order valence-corrected chi connectivity index (χ0v) is 20.3. The fraction of sp³-hybridized carbons (Fsp3) is 0.375. The van der Waals surface area contributed by atoms with E-state index in [1.54, 1.807) is 11.3 Å². The molecule has 3 aromatic rings. The van der Waals surface area contributed by atoms with E-state index < -0.39 is 0 Å². The molecule has 31 heavy (non-hydrogen) atoms. The summed E-state index contributed by atoms with van der Waals surface area (Å²) in [6, 6.07) is 8.37. The van der Waals surface area contributed by atoms with Crippen LogP contribution in [-0.4, -0.2) is 26.4 Å². The van der Waals surface area contributed by atoms with Crippen LogP contribution < -0.4 is 5.32 Å². The largest absolute Gasteiger partial charge is 0.325 e. The van der Waals surface area contributed by atoms with Crippen molar-refractivity contribution in [3.8, 4) is 11.4 Å². The second-order valence-electron chi connectivity index (χ2n) is 7.59. The topological polar surface area (TPSA) is 59.8 Å². The van der Waals surface area contributed by atoms with E-state index in [0.29, 0.717) is 12.5 Å². The standard InChI is InChI=1S/C24H30N4OS2/c1-6-12-28-23(19-13-20(16(4)5)30-14-19)26-27-24(28)31-15-21(29)25-22-17(7-2)10-9-11-18(22)8-3/h6,9-11,13-14,16H,1,7-8,12,15H2,2-5H3,(H,25,29). The quantitative estimate of drug-likeness (QED) is 0.294. The summed E-state index contributed by atoms with van der Waals surface area (Å²) in [5.74, 6) is 1.53. The van der Waals surface area contributed by atoms with Gasteiger partial charge < -0.3 is 5.32 Å². The van der Waals surface area contributed by atoms with Gasteiger partial charge >= 0.3 is 0 Å². The first-order chi connectivity index (χ1) is 15.0. The van der Waals surface area contributed by atoms with Crippen LogP contribution in [0.25, 0.3) is 11.4 Å². The van der Waals surface area contributed by atoms with Crippen molar-refractivity contribution in [3.05, 3.63) is 58.3 Å². The van der Waals surface area contributed by atoms with Gasteiger partial charge in [-0.05, 0) is 36.0 Å². The SMILES string of the molecule is C=CCn1c(SCC(=O)Nc2c(CC)cccc2CC)nnc1-c1csc(C(C)C)c1. The number of carbonyl (C=O) groups excluding carboxylic acids is 1. The minimum absolute atomic E-state index is 0.0343. The Morgan fingerprint density at radius 1 is 1.26 bits per heavy atom. The zero-order chi connectivity index (χ0) is 22.4. The summed E-state index contributed by atoms with van der Waals surface area (Å²) in [6.07, 6.45) is 3.59. The molecule has 0 aliphatic carbocycles. The molecule has 1 aromatic carbocycles. The first kappa shape index (κ1) is 23.3. The molecule has 0 unspecified atom stereocenters. The molecule has 2 aromatic heterocycles. The van der Waals surface area contributed by atoms with Gasteiger partial charge in [0.2, 0.25) is 5.91 Å². The third-order valence-electron chi connectivity index (χ3n) is 5.07. The molecule has 164 valence electrons. The van der Waals surface area contributed by atoms with Crippen LogP contribution in [0.4, 0.5) is 5.69 Å². The molecule has 3 rings (SSSR count).